The van der Waals surface area contributed by atoms with Gasteiger partial charge < -0.3 is 9.84 Å². The number of aryl methyl sites for hydroxylation is 2. The predicted molar refractivity (Wildman–Crippen MR) is 89.5 cm³/mol. The lowest BCUT2D eigenvalue weighted by atomic mass is 10.1. The van der Waals surface area contributed by atoms with E-state index in [9.17, 15) is 5.11 Å². The number of benzene rings is 2. The zero-order valence-corrected chi connectivity index (χ0v) is 13.7. The van der Waals surface area contributed by atoms with E-state index < -0.39 is 0 Å². The maximum Gasteiger partial charge on any atom is 0.172 e. The van der Waals surface area contributed by atoms with Crippen LogP contribution in [0.15, 0.2) is 39.9 Å². The normalized spacial score (nSPS) is 10.9. The van der Waals surface area contributed by atoms with Crippen molar-refractivity contribution in [2.24, 2.45) is 5.10 Å². The van der Waals surface area contributed by atoms with Gasteiger partial charge in [-0.25, -0.2) is 0 Å². The fourth-order valence-electron chi connectivity index (χ4n) is 1.94. The number of phenols is 1. The van der Waals surface area contributed by atoms with E-state index in [-0.39, 0.29) is 5.75 Å². The number of hydrazone groups is 1. The number of nitrogens with zero attached hydrogens (tertiary/aromatic N) is 1. The lowest BCUT2D eigenvalue weighted by molar-refractivity contribution is 0.372. The molecule has 21 heavy (non-hydrogen) atoms. The number of anilines is 1. The minimum Gasteiger partial charge on any atom is -0.503 e. The van der Waals surface area contributed by atoms with Gasteiger partial charge in [-0.1, -0.05) is 17.7 Å². The van der Waals surface area contributed by atoms with Crippen molar-refractivity contribution < 1.29 is 9.84 Å². The van der Waals surface area contributed by atoms with Gasteiger partial charge >= 0.3 is 0 Å². The second-order valence-electron chi connectivity index (χ2n) is 4.74. The monoisotopic (exact) mass is 348 g/mol. The molecule has 0 aliphatic heterocycles. The molecular weight excluding hydrogens is 332 g/mol. The zero-order valence-electron chi connectivity index (χ0n) is 12.1. The molecule has 0 unspecified atom stereocenters. The summed E-state index contributed by atoms with van der Waals surface area (Å²) in [6.07, 6.45) is 1.67. The molecule has 0 aliphatic carbocycles. The van der Waals surface area contributed by atoms with Gasteiger partial charge in [0.25, 0.3) is 0 Å². The minimum absolute atomic E-state index is 0.0805. The lowest BCUT2D eigenvalue weighted by Crippen LogP contribution is -1.94. The second kappa shape index (κ2) is 6.63. The molecule has 2 aromatic carbocycles. The van der Waals surface area contributed by atoms with Crippen LogP contribution >= 0.6 is 15.9 Å². The van der Waals surface area contributed by atoms with Crippen molar-refractivity contribution in [2.75, 3.05) is 12.5 Å². The van der Waals surface area contributed by atoms with Crippen molar-refractivity contribution in [3.8, 4) is 11.5 Å². The fraction of sp³-hybridized carbons (Fsp3) is 0.188. The highest BCUT2D eigenvalue weighted by Gasteiger charge is 2.07. The van der Waals surface area contributed by atoms with Crippen molar-refractivity contribution in [1.82, 2.24) is 0 Å². The van der Waals surface area contributed by atoms with Gasteiger partial charge in [0.05, 0.1) is 23.5 Å². The quantitative estimate of drug-likeness (QED) is 0.642. The largest absolute Gasteiger partial charge is 0.503 e. The van der Waals surface area contributed by atoms with Crippen LogP contribution in [0.25, 0.3) is 0 Å². The summed E-state index contributed by atoms with van der Waals surface area (Å²) in [5.41, 5.74) is 7.14. The standard InChI is InChI=1S/C16H17BrN2O2/c1-10-4-5-14(11(2)6-10)19-18-9-12-7-13(17)16(20)15(8-12)21-3/h4-9,19-20H,1-3H3/b18-9+. The molecule has 0 atom stereocenters. The third kappa shape index (κ3) is 3.76. The van der Waals surface area contributed by atoms with Crippen LogP contribution < -0.4 is 10.2 Å². The number of hydrogen-bond acceptors (Lipinski definition) is 4. The molecule has 2 N–H and O–H groups in total. The van der Waals surface area contributed by atoms with Gasteiger partial charge in [-0.2, -0.15) is 5.10 Å². The van der Waals surface area contributed by atoms with Crippen LogP contribution in [-0.2, 0) is 0 Å². The molecule has 110 valence electrons. The first kappa shape index (κ1) is 15.4. The summed E-state index contributed by atoms with van der Waals surface area (Å²) in [4.78, 5) is 0. The van der Waals surface area contributed by atoms with Gasteiger partial charge in [-0.3, -0.25) is 5.43 Å². The highest BCUT2D eigenvalue weighted by Crippen LogP contribution is 2.34. The van der Waals surface area contributed by atoms with E-state index in [0.29, 0.717) is 10.2 Å². The molecule has 0 aliphatic rings. The molecule has 0 radical (unpaired) electrons. The number of ether oxygens (including phenoxy) is 1. The molecule has 0 heterocycles. The van der Waals surface area contributed by atoms with E-state index in [2.05, 4.69) is 39.4 Å². The van der Waals surface area contributed by atoms with E-state index in [1.165, 1.54) is 12.7 Å². The smallest absolute Gasteiger partial charge is 0.172 e. The first-order valence-corrected chi connectivity index (χ1v) is 7.23. The maximum atomic E-state index is 9.76. The molecular formula is C16H17BrN2O2. The molecule has 0 aromatic heterocycles. The third-order valence-corrected chi connectivity index (χ3v) is 3.66. The Morgan fingerprint density at radius 1 is 1.24 bits per heavy atom. The van der Waals surface area contributed by atoms with Crippen molar-refractivity contribution in [3.63, 3.8) is 0 Å². The Hall–Kier alpha value is -2.01. The lowest BCUT2D eigenvalue weighted by Gasteiger charge is -2.07. The van der Waals surface area contributed by atoms with E-state index in [0.717, 1.165) is 16.8 Å². The number of phenolic OH excluding ortho intramolecular Hbond substituents is 1. The highest BCUT2D eigenvalue weighted by atomic mass is 79.9. The Morgan fingerprint density at radius 2 is 2.00 bits per heavy atom. The van der Waals surface area contributed by atoms with Gasteiger partial charge in [-0.05, 0) is 59.1 Å². The van der Waals surface area contributed by atoms with Crippen LogP contribution in [0.5, 0.6) is 11.5 Å². The van der Waals surface area contributed by atoms with Gasteiger partial charge in [0.15, 0.2) is 11.5 Å². The summed E-state index contributed by atoms with van der Waals surface area (Å²) in [5.74, 6) is 0.481. The molecule has 2 aromatic rings. The average Bonchev–Trinajstić information content (AvgIpc) is 2.44. The first-order valence-electron chi connectivity index (χ1n) is 6.44. The Labute approximate surface area is 132 Å². The van der Waals surface area contributed by atoms with Gasteiger partial charge in [0.2, 0.25) is 0 Å². The summed E-state index contributed by atoms with van der Waals surface area (Å²) >= 11 is 3.28. The summed E-state index contributed by atoms with van der Waals surface area (Å²) in [7, 11) is 1.51. The summed E-state index contributed by atoms with van der Waals surface area (Å²) in [5, 5.41) is 14.0. The number of rotatable bonds is 4. The van der Waals surface area contributed by atoms with Gasteiger partial charge in [0, 0.05) is 0 Å². The topological polar surface area (TPSA) is 53.8 Å². The minimum atomic E-state index is 0.0805. The Kier molecular flexibility index (Phi) is 4.85. The molecule has 0 fully saturated rings. The third-order valence-electron chi connectivity index (χ3n) is 3.05. The maximum absolute atomic E-state index is 9.76. The zero-order chi connectivity index (χ0) is 15.4. The molecule has 0 bridgehead atoms. The molecule has 0 amide bonds. The van der Waals surface area contributed by atoms with E-state index in [4.69, 9.17) is 4.74 Å². The van der Waals surface area contributed by atoms with Crippen molar-refractivity contribution in [2.45, 2.75) is 13.8 Å². The summed E-state index contributed by atoms with van der Waals surface area (Å²) < 4.78 is 5.67. The van der Waals surface area contributed by atoms with Crippen molar-refractivity contribution in [3.05, 3.63) is 51.5 Å². The number of nitrogens with one attached hydrogen (secondary N) is 1. The summed E-state index contributed by atoms with van der Waals surface area (Å²) in [6, 6.07) is 9.61. The Balaban J connectivity index is 2.16. The van der Waals surface area contributed by atoms with Gasteiger partial charge in [0.1, 0.15) is 0 Å². The molecule has 0 saturated carbocycles. The molecule has 0 saturated heterocycles. The SMILES string of the molecule is COc1cc(/C=N/Nc2ccc(C)cc2C)cc(Br)c1O. The second-order valence-corrected chi connectivity index (χ2v) is 5.60. The van der Waals surface area contributed by atoms with E-state index in [1.807, 2.05) is 19.1 Å². The molecule has 0 spiro atoms. The van der Waals surface area contributed by atoms with Crippen LogP contribution in [-0.4, -0.2) is 18.4 Å². The predicted octanol–water partition coefficient (Wildman–Crippen LogP) is 4.23. The van der Waals surface area contributed by atoms with Crippen molar-refractivity contribution >= 4 is 27.8 Å². The Bertz CT molecular complexity index is 684. The van der Waals surface area contributed by atoms with E-state index >= 15 is 0 Å². The summed E-state index contributed by atoms with van der Waals surface area (Å²) in [6.45, 7) is 4.09. The number of methoxy groups -OCH3 is 1. The highest BCUT2D eigenvalue weighted by molar-refractivity contribution is 9.10. The van der Waals surface area contributed by atoms with Crippen LogP contribution in [0.4, 0.5) is 5.69 Å². The van der Waals surface area contributed by atoms with Crippen LogP contribution in [0.1, 0.15) is 16.7 Å². The molecule has 5 heteroatoms. The van der Waals surface area contributed by atoms with Gasteiger partial charge in [-0.15, -0.1) is 0 Å². The fourth-order valence-corrected chi connectivity index (χ4v) is 2.40. The van der Waals surface area contributed by atoms with Crippen LogP contribution in [0, 0.1) is 13.8 Å². The number of hydrogen-bond donors (Lipinski definition) is 2. The van der Waals surface area contributed by atoms with Crippen LogP contribution in [0.3, 0.4) is 0 Å². The molecule has 4 nitrogen and oxygen atoms in total. The first-order chi connectivity index (χ1) is 10.0. The number of aromatic hydroxyl groups is 1. The van der Waals surface area contributed by atoms with E-state index in [1.54, 1.807) is 18.3 Å². The van der Waals surface area contributed by atoms with Crippen LogP contribution in [0.2, 0.25) is 0 Å². The molecule has 2 rings (SSSR count). The number of halogens is 1. The Morgan fingerprint density at radius 3 is 2.67 bits per heavy atom. The average molecular weight is 349 g/mol. The van der Waals surface area contributed by atoms with Crippen molar-refractivity contribution in [1.29, 1.82) is 0 Å².